The summed E-state index contributed by atoms with van der Waals surface area (Å²) in [6.07, 6.45) is 0. The van der Waals surface area contributed by atoms with E-state index in [-0.39, 0.29) is 20.7 Å². The van der Waals surface area contributed by atoms with Crippen LogP contribution in [0.3, 0.4) is 0 Å². The molecule has 11 heteroatoms. The second kappa shape index (κ2) is 7.55. The van der Waals surface area contributed by atoms with Gasteiger partial charge in [0.05, 0.1) is 12.8 Å². The zero-order valence-corrected chi connectivity index (χ0v) is 17.5. The molecule has 2 aromatic heterocycles. The largest absolute Gasteiger partial charge is 0.495 e. The molecule has 1 amide bonds. The number of thiophene rings is 1. The first-order valence-electron chi connectivity index (χ1n) is 7.87. The van der Waals surface area contributed by atoms with E-state index in [1.807, 2.05) is 0 Å². The van der Waals surface area contributed by atoms with E-state index in [1.165, 1.54) is 18.6 Å². The molecule has 8 nitrogen and oxygen atoms in total. The molecule has 3 aromatic rings. The Hall–Kier alpha value is -2.40. The van der Waals surface area contributed by atoms with Crippen LogP contribution in [0.4, 0.5) is 11.6 Å². The number of ether oxygens (including phenoxy) is 1. The summed E-state index contributed by atoms with van der Waals surface area (Å²) in [5.41, 5.74) is 1.40. The molecule has 28 heavy (non-hydrogen) atoms. The predicted octanol–water partition coefficient (Wildman–Crippen LogP) is 3.64. The molecular formula is C17H16ClN3O5S2. The molecule has 0 unspecified atom stereocenters. The van der Waals surface area contributed by atoms with Crippen molar-refractivity contribution in [3.63, 3.8) is 0 Å². The lowest BCUT2D eigenvalue weighted by molar-refractivity contribution is 0.0994. The highest BCUT2D eigenvalue weighted by atomic mass is 35.5. The fourth-order valence-corrected chi connectivity index (χ4v) is 4.70. The Morgan fingerprint density at radius 2 is 2.04 bits per heavy atom. The van der Waals surface area contributed by atoms with E-state index >= 15 is 0 Å². The van der Waals surface area contributed by atoms with Gasteiger partial charge in [0.25, 0.3) is 11.8 Å². The number of para-hydroxylation sites is 1. The number of amides is 1. The Kier molecular flexibility index (Phi) is 5.48. The molecule has 0 aliphatic heterocycles. The lowest BCUT2D eigenvalue weighted by Gasteiger charge is -2.23. The third-order valence-corrected chi connectivity index (χ3v) is 6.37. The van der Waals surface area contributed by atoms with Crippen LogP contribution in [0.1, 0.15) is 20.9 Å². The van der Waals surface area contributed by atoms with Crippen LogP contribution in [0.25, 0.3) is 0 Å². The first-order chi connectivity index (χ1) is 13.2. The van der Waals surface area contributed by atoms with Crippen LogP contribution in [0.2, 0.25) is 5.02 Å². The fraction of sp³-hybridized carbons (Fsp3) is 0.176. The van der Waals surface area contributed by atoms with Crippen molar-refractivity contribution in [3.05, 3.63) is 50.8 Å². The first-order valence-corrected chi connectivity index (χ1v) is 10.7. The van der Waals surface area contributed by atoms with Gasteiger partial charge in [-0.2, -0.15) is 0 Å². The van der Waals surface area contributed by atoms with Crippen LogP contribution in [-0.4, -0.2) is 26.6 Å². The molecule has 148 valence electrons. The van der Waals surface area contributed by atoms with E-state index in [0.29, 0.717) is 22.7 Å². The Morgan fingerprint density at radius 3 is 2.61 bits per heavy atom. The Bertz CT molecular complexity index is 1150. The SMILES string of the molecule is COc1cccc(C)c1N(C(=O)c1sccc1S(N)(=O)=O)c1onc(C)c1Cl. The molecule has 0 spiro atoms. The number of carbonyl (C=O) groups excluding carboxylic acids is 1. The lowest BCUT2D eigenvalue weighted by Crippen LogP contribution is -2.28. The summed E-state index contributed by atoms with van der Waals surface area (Å²) in [4.78, 5) is 14.3. The average Bonchev–Trinajstić information content (AvgIpc) is 3.25. The second-order valence-corrected chi connectivity index (χ2v) is 8.64. The molecule has 2 heterocycles. The summed E-state index contributed by atoms with van der Waals surface area (Å²) in [5, 5.41) is 10.6. The number of anilines is 2. The number of benzene rings is 1. The van der Waals surface area contributed by atoms with Gasteiger partial charge in [-0.15, -0.1) is 11.3 Å². The van der Waals surface area contributed by atoms with E-state index in [4.69, 9.17) is 26.0 Å². The summed E-state index contributed by atoms with van der Waals surface area (Å²) in [5.74, 6) is -0.373. The van der Waals surface area contributed by atoms with Crippen molar-refractivity contribution in [2.24, 2.45) is 5.14 Å². The van der Waals surface area contributed by atoms with E-state index in [9.17, 15) is 13.2 Å². The third-order valence-electron chi connectivity index (χ3n) is 3.95. The maximum absolute atomic E-state index is 13.5. The highest BCUT2D eigenvalue weighted by molar-refractivity contribution is 7.89. The second-order valence-electron chi connectivity index (χ2n) is 5.81. The van der Waals surface area contributed by atoms with E-state index < -0.39 is 15.9 Å². The quantitative estimate of drug-likeness (QED) is 0.646. The highest BCUT2D eigenvalue weighted by Crippen LogP contribution is 2.42. The van der Waals surface area contributed by atoms with Crippen molar-refractivity contribution < 1.29 is 22.5 Å². The van der Waals surface area contributed by atoms with Gasteiger partial charge in [-0.25, -0.2) is 18.5 Å². The minimum absolute atomic E-state index is 0.0504. The van der Waals surface area contributed by atoms with E-state index in [2.05, 4.69) is 5.16 Å². The number of aryl methyl sites for hydroxylation is 2. The van der Waals surface area contributed by atoms with Crippen molar-refractivity contribution in [2.45, 2.75) is 18.7 Å². The number of aromatic nitrogens is 1. The number of rotatable bonds is 5. The Labute approximate surface area is 170 Å². The third kappa shape index (κ3) is 3.51. The van der Waals surface area contributed by atoms with Crippen LogP contribution in [0.15, 0.2) is 39.1 Å². The number of methoxy groups -OCH3 is 1. The van der Waals surface area contributed by atoms with Crippen LogP contribution in [-0.2, 0) is 10.0 Å². The van der Waals surface area contributed by atoms with Crippen LogP contribution in [0, 0.1) is 13.8 Å². The first kappa shape index (κ1) is 20.3. The molecule has 0 atom stereocenters. The topological polar surface area (TPSA) is 116 Å². The van der Waals surface area contributed by atoms with Gasteiger partial charge in [-0.05, 0) is 36.9 Å². The number of sulfonamides is 1. The van der Waals surface area contributed by atoms with Crippen molar-refractivity contribution >= 4 is 50.4 Å². The number of halogens is 1. The molecule has 0 bridgehead atoms. The zero-order chi connectivity index (χ0) is 20.6. The van der Waals surface area contributed by atoms with E-state index in [0.717, 1.165) is 16.2 Å². The molecule has 0 radical (unpaired) electrons. The summed E-state index contributed by atoms with van der Waals surface area (Å²) in [6.45, 7) is 3.39. The molecule has 1 aromatic carbocycles. The summed E-state index contributed by atoms with van der Waals surface area (Å²) in [7, 11) is -2.66. The molecular weight excluding hydrogens is 426 g/mol. The molecule has 0 saturated heterocycles. The van der Waals surface area contributed by atoms with E-state index in [1.54, 1.807) is 32.0 Å². The van der Waals surface area contributed by atoms with Crippen molar-refractivity contribution in [2.75, 3.05) is 12.0 Å². The molecule has 3 rings (SSSR count). The van der Waals surface area contributed by atoms with Crippen LogP contribution in [0.5, 0.6) is 5.75 Å². The minimum Gasteiger partial charge on any atom is -0.495 e. The molecule has 0 aliphatic carbocycles. The Morgan fingerprint density at radius 1 is 1.32 bits per heavy atom. The summed E-state index contributed by atoms with van der Waals surface area (Å²) < 4.78 is 34.5. The molecule has 2 N–H and O–H groups in total. The number of carbonyl (C=O) groups is 1. The number of nitrogens with two attached hydrogens (primary N) is 1. The highest BCUT2D eigenvalue weighted by Gasteiger charge is 2.34. The molecule has 0 aliphatic rings. The summed E-state index contributed by atoms with van der Waals surface area (Å²) in [6, 6.07) is 6.46. The van der Waals surface area contributed by atoms with Gasteiger partial charge in [-0.3, -0.25) is 4.79 Å². The average molecular weight is 442 g/mol. The fourth-order valence-electron chi connectivity index (χ4n) is 2.64. The van der Waals surface area contributed by atoms with Gasteiger partial charge < -0.3 is 9.26 Å². The van der Waals surface area contributed by atoms with Crippen molar-refractivity contribution in [3.8, 4) is 5.75 Å². The Balaban J connectivity index is 2.29. The maximum atomic E-state index is 13.5. The zero-order valence-electron chi connectivity index (χ0n) is 15.1. The van der Waals surface area contributed by atoms with Gasteiger partial charge in [-0.1, -0.05) is 28.9 Å². The minimum atomic E-state index is -4.11. The lowest BCUT2D eigenvalue weighted by atomic mass is 10.1. The molecule has 0 saturated carbocycles. The van der Waals surface area contributed by atoms with Gasteiger partial charge >= 0.3 is 0 Å². The summed E-state index contributed by atoms with van der Waals surface area (Å²) >= 11 is 7.24. The van der Waals surface area contributed by atoms with Gasteiger partial charge in [0.2, 0.25) is 10.0 Å². The van der Waals surface area contributed by atoms with Gasteiger partial charge in [0.1, 0.15) is 26.2 Å². The monoisotopic (exact) mass is 441 g/mol. The normalized spacial score (nSPS) is 11.5. The maximum Gasteiger partial charge on any atom is 0.276 e. The predicted molar refractivity (Wildman–Crippen MR) is 106 cm³/mol. The van der Waals surface area contributed by atoms with Gasteiger partial charge in [0, 0.05) is 0 Å². The molecule has 0 fully saturated rings. The van der Waals surface area contributed by atoms with Crippen molar-refractivity contribution in [1.82, 2.24) is 5.16 Å². The number of hydrogen-bond acceptors (Lipinski definition) is 7. The van der Waals surface area contributed by atoms with Gasteiger partial charge in [0.15, 0.2) is 0 Å². The van der Waals surface area contributed by atoms with Crippen molar-refractivity contribution in [1.29, 1.82) is 0 Å². The number of hydrogen-bond donors (Lipinski definition) is 1. The van der Waals surface area contributed by atoms with Crippen LogP contribution < -0.4 is 14.8 Å². The number of nitrogens with zero attached hydrogens (tertiary/aromatic N) is 2. The smallest absolute Gasteiger partial charge is 0.276 e. The van der Waals surface area contributed by atoms with Crippen LogP contribution >= 0.6 is 22.9 Å². The standard InChI is InChI=1S/C17H16ClN3O5S2/c1-9-5-4-6-11(25-3)14(9)21(17-13(18)10(2)20-26-17)16(22)15-12(7-8-27-15)28(19,23)24/h4-8H,1-3H3,(H2,19,23,24). The number of primary sulfonamides is 1.